The lowest BCUT2D eigenvalue weighted by Crippen LogP contribution is -2.18. The first kappa shape index (κ1) is 14.6. The summed E-state index contributed by atoms with van der Waals surface area (Å²) in [6.45, 7) is 7.79. The molecule has 1 saturated carbocycles. The van der Waals surface area contributed by atoms with Gasteiger partial charge in [0.1, 0.15) is 0 Å². The van der Waals surface area contributed by atoms with Crippen LogP contribution in [0.1, 0.15) is 45.1 Å². The maximum Gasteiger partial charge on any atom is 0.0483 e. The highest BCUT2D eigenvalue weighted by molar-refractivity contribution is 5.83. The summed E-state index contributed by atoms with van der Waals surface area (Å²) in [7, 11) is 0. The molecule has 0 bridgehead atoms. The Bertz CT molecular complexity index is 576. The van der Waals surface area contributed by atoms with Gasteiger partial charge in [-0.25, -0.2) is 0 Å². The normalized spacial score (nSPS) is 16.3. The molecule has 1 aliphatic rings. The van der Waals surface area contributed by atoms with Gasteiger partial charge < -0.3 is 9.88 Å². The summed E-state index contributed by atoms with van der Waals surface area (Å²) in [5, 5.41) is 5.01. The van der Waals surface area contributed by atoms with Gasteiger partial charge in [0, 0.05) is 30.2 Å². The maximum atomic E-state index is 3.59. The molecule has 21 heavy (non-hydrogen) atoms. The monoisotopic (exact) mass is 284 g/mol. The molecule has 0 radical (unpaired) electrons. The summed E-state index contributed by atoms with van der Waals surface area (Å²) in [5.41, 5.74) is 2.86. The van der Waals surface area contributed by atoms with Crippen molar-refractivity contribution >= 4 is 10.9 Å². The number of aromatic nitrogens is 1. The van der Waals surface area contributed by atoms with Crippen LogP contribution in [0.2, 0.25) is 0 Å². The molecule has 0 spiro atoms. The number of fused-ring (bicyclic) bond motifs is 1. The summed E-state index contributed by atoms with van der Waals surface area (Å²) in [5.74, 6) is 1.59. The van der Waals surface area contributed by atoms with E-state index in [9.17, 15) is 0 Å². The van der Waals surface area contributed by atoms with Crippen LogP contribution in [0.4, 0.5) is 0 Å². The zero-order valence-corrected chi connectivity index (χ0v) is 13.4. The molecule has 2 aromatic rings. The Morgan fingerprint density at radius 1 is 1.19 bits per heavy atom. The van der Waals surface area contributed by atoms with E-state index in [1.807, 2.05) is 0 Å². The van der Waals surface area contributed by atoms with Crippen LogP contribution in [0.5, 0.6) is 0 Å². The van der Waals surface area contributed by atoms with Crippen LogP contribution in [0.15, 0.2) is 30.5 Å². The summed E-state index contributed by atoms with van der Waals surface area (Å²) < 4.78 is 2.50. The fourth-order valence-corrected chi connectivity index (χ4v) is 3.58. The SMILES string of the molecule is CC(C)CNCc1cn(CC2CCCC2)c2ccccc12. The van der Waals surface area contributed by atoms with Gasteiger partial charge in [-0.1, -0.05) is 44.9 Å². The number of nitrogens with zero attached hydrogens (tertiary/aromatic N) is 1. The van der Waals surface area contributed by atoms with Crippen molar-refractivity contribution in [1.29, 1.82) is 0 Å². The molecule has 0 saturated heterocycles. The molecule has 2 heteroatoms. The lowest BCUT2D eigenvalue weighted by atomic mass is 10.1. The molecule has 2 nitrogen and oxygen atoms in total. The van der Waals surface area contributed by atoms with E-state index in [0.29, 0.717) is 5.92 Å². The zero-order chi connectivity index (χ0) is 14.7. The minimum atomic E-state index is 0.705. The van der Waals surface area contributed by atoms with Crippen molar-refractivity contribution in [1.82, 2.24) is 9.88 Å². The van der Waals surface area contributed by atoms with Gasteiger partial charge in [-0.2, -0.15) is 0 Å². The Morgan fingerprint density at radius 2 is 1.95 bits per heavy atom. The van der Waals surface area contributed by atoms with Gasteiger partial charge in [-0.05, 0) is 42.9 Å². The zero-order valence-electron chi connectivity index (χ0n) is 13.4. The first-order chi connectivity index (χ1) is 10.2. The van der Waals surface area contributed by atoms with Crippen LogP contribution in [-0.4, -0.2) is 11.1 Å². The van der Waals surface area contributed by atoms with Gasteiger partial charge in [-0.3, -0.25) is 0 Å². The van der Waals surface area contributed by atoms with Gasteiger partial charge in [-0.15, -0.1) is 0 Å². The van der Waals surface area contributed by atoms with Crippen LogP contribution in [0.3, 0.4) is 0 Å². The summed E-state index contributed by atoms with van der Waals surface area (Å²) in [6.07, 6.45) is 8.05. The number of benzene rings is 1. The quantitative estimate of drug-likeness (QED) is 0.821. The molecule has 0 atom stereocenters. The van der Waals surface area contributed by atoms with Crippen LogP contribution in [-0.2, 0) is 13.1 Å². The predicted octanol–water partition coefficient (Wildman–Crippen LogP) is 4.58. The minimum Gasteiger partial charge on any atom is -0.347 e. The Kier molecular flexibility index (Phi) is 4.64. The number of nitrogens with one attached hydrogen (secondary N) is 1. The Labute approximate surface area is 128 Å². The second-order valence-electron chi connectivity index (χ2n) is 7.00. The lowest BCUT2D eigenvalue weighted by molar-refractivity contribution is 0.465. The van der Waals surface area contributed by atoms with E-state index >= 15 is 0 Å². The lowest BCUT2D eigenvalue weighted by Gasteiger charge is -2.11. The summed E-state index contributed by atoms with van der Waals surface area (Å²) in [6, 6.07) is 8.87. The molecule has 1 heterocycles. The number of para-hydroxylation sites is 1. The molecular weight excluding hydrogens is 256 g/mol. The van der Waals surface area contributed by atoms with E-state index in [4.69, 9.17) is 0 Å². The fraction of sp³-hybridized carbons (Fsp3) is 0.579. The molecule has 3 rings (SSSR count). The Balaban J connectivity index is 1.79. The maximum absolute atomic E-state index is 3.59. The van der Waals surface area contributed by atoms with Crippen LogP contribution in [0.25, 0.3) is 10.9 Å². The fourth-order valence-electron chi connectivity index (χ4n) is 3.58. The molecule has 0 aliphatic heterocycles. The molecule has 0 unspecified atom stereocenters. The minimum absolute atomic E-state index is 0.705. The molecule has 1 N–H and O–H groups in total. The van der Waals surface area contributed by atoms with E-state index < -0.39 is 0 Å². The van der Waals surface area contributed by atoms with Gasteiger partial charge in [0.15, 0.2) is 0 Å². The van der Waals surface area contributed by atoms with E-state index in [0.717, 1.165) is 19.0 Å². The molecule has 1 aromatic heterocycles. The van der Waals surface area contributed by atoms with Crippen molar-refractivity contribution in [2.45, 2.75) is 52.6 Å². The van der Waals surface area contributed by atoms with Crippen LogP contribution in [0, 0.1) is 11.8 Å². The van der Waals surface area contributed by atoms with Crippen molar-refractivity contribution in [3.05, 3.63) is 36.0 Å². The van der Waals surface area contributed by atoms with E-state index in [-0.39, 0.29) is 0 Å². The highest BCUT2D eigenvalue weighted by Gasteiger charge is 2.17. The topological polar surface area (TPSA) is 17.0 Å². The van der Waals surface area contributed by atoms with Gasteiger partial charge >= 0.3 is 0 Å². The molecule has 1 fully saturated rings. The van der Waals surface area contributed by atoms with Gasteiger partial charge in [0.05, 0.1) is 0 Å². The largest absolute Gasteiger partial charge is 0.347 e. The molecule has 0 amide bonds. The predicted molar refractivity (Wildman–Crippen MR) is 90.4 cm³/mol. The third-order valence-electron chi connectivity index (χ3n) is 4.67. The highest BCUT2D eigenvalue weighted by Crippen LogP contribution is 2.29. The number of rotatable bonds is 6. The average Bonchev–Trinajstić information content (AvgIpc) is 3.09. The highest BCUT2D eigenvalue weighted by atomic mass is 15.0. The summed E-state index contributed by atoms with van der Waals surface area (Å²) in [4.78, 5) is 0. The van der Waals surface area contributed by atoms with Crippen molar-refractivity contribution in [2.24, 2.45) is 11.8 Å². The number of hydrogen-bond donors (Lipinski definition) is 1. The first-order valence-electron chi connectivity index (χ1n) is 8.51. The Hall–Kier alpha value is -1.28. The van der Waals surface area contributed by atoms with E-state index in [1.54, 1.807) is 0 Å². The first-order valence-corrected chi connectivity index (χ1v) is 8.51. The summed E-state index contributed by atoms with van der Waals surface area (Å²) >= 11 is 0. The smallest absolute Gasteiger partial charge is 0.0483 e. The Morgan fingerprint density at radius 3 is 2.71 bits per heavy atom. The average molecular weight is 284 g/mol. The van der Waals surface area contributed by atoms with Crippen LogP contribution < -0.4 is 5.32 Å². The van der Waals surface area contributed by atoms with Crippen molar-refractivity contribution < 1.29 is 0 Å². The van der Waals surface area contributed by atoms with Crippen molar-refractivity contribution in [3.63, 3.8) is 0 Å². The van der Waals surface area contributed by atoms with Gasteiger partial charge in [0.2, 0.25) is 0 Å². The third-order valence-corrected chi connectivity index (χ3v) is 4.67. The standard InChI is InChI=1S/C19H28N2/c1-15(2)11-20-12-17-14-21(13-16-7-3-4-8-16)19-10-6-5-9-18(17)19/h5-6,9-10,14-16,20H,3-4,7-8,11-13H2,1-2H3. The molecule has 1 aliphatic carbocycles. The molecule has 114 valence electrons. The second kappa shape index (κ2) is 6.65. The third kappa shape index (κ3) is 3.49. The second-order valence-corrected chi connectivity index (χ2v) is 7.00. The number of hydrogen-bond acceptors (Lipinski definition) is 1. The molecule has 1 aromatic carbocycles. The van der Waals surface area contributed by atoms with E-state index in [2.05, 4.69) is 54.2 Å². The van der Waals surface area contributed by atoms with Gasteiger partial charge in [0.25, 0.3) is 0 Å². The molecular formula is C19H28N2. The van der Waals surface area contributed by atoms with Crippen molar-refractivity contribution in [3.8, 4) is 0 Å². The van der Waals surface area contributed by atoms with E-state index in [1.165, 1.54) is 48.7 Å². The van der Waals surface area contributed by atoms with Crippen molar-refractivity contribution in [2.75, 3.05) is 6.54 Å². The van der Waals surface area contributed by atoms with Crippen LogP contribution >= 0.6 is 0 Å².